The van der Waals surface area contributed by atoms with Gasteiger partial charge in [0.1, 0.15) is 5.82 Å². The largest absolute Gasteiger partial charge is 0.494 e. The summed E-state index contributed by atoms with van der Waals surface area (Å²) in [7, 11) is 1.31. The molecule has 2 rings (SSSR count). The number of rotatable bonds is 3. The number of hydrogen-bond donors (Lipinski definition) is 0. The Labute approximate surface area is 103 Å². The van der Waals surface area contributed by atoms with Crippen molar-refractivity contribution in [2.24, 2.45) is 0 Å². The first-order valence-corrected chi connectivity index (χ1v) is 5.25. The van der Waals surface area contributed by atoms with Crippen LogP contribution in [0.5, 0.6) is 5.75 Å². The average molecular weight is 248 g/mol. The quantitative estimate of drug-likeness (QED) is 0.780. The number of ketones is 1. The summed E-state index contributed by atoms with van der Waals surface area (Å²) in [5.41, 5.74) is 0.461. The van der Waals surface area contributed by atoms with E-state index >= 15 is 0 Å². The van der Waals surface area contributed by atoms with E-state index in [0.717, 1.165) is 12.1 Å². The number of hydrogen-bond acceptors (Lipinski definition) is 2. The van der Waals surface area contributed by atoms with Crippen LogP contribution < -0.4 is 4.74 Å². The molecule has 0 saturated heterocycles. The molecule has 2 aromatic carbocycles. The lowest BCUT2D eigenvalue weighted by Gasteiger charge is -2.05. The maximum atomic E-state index is 13.2. The van der Waals surface area contributed by atoms with Gasteiger partial charge in [0, 0.05) is 11.1 Å². The molecule has 0 aliphatic rings. The Bertz CT molecular complexity index is 594. The minimum Gasteiger partial charge on any atom is -0.494 e. The minimum atomic E-state index is -0.548. The average Bonchev–Trinajstić information content (AvgIpc) is 2.38. The summed E-state index contributed by atoms with van der Waals surface area (Å²) in [6, 6.07) is 9.11. The highest BCUT2D eigenvalue weighted by Crippen LogP contribution is 2.20. The van der Waals surface area contributed by atoms with Gasteiger partial charge >= 0.3 is 0 Å². The van der Waals surface area contributed by atoms with Crippen molar-refractivity contribution in [1.29, 1.82) is 0 Å². The van der Waals surface area contributed by atoms with Crippen molar-refractivity contribution >= 4 is 5.78 Å². The third-order valence-electron chi connectivity index (χ3n) is 2.50. The second-order valence-corrected chi connectivity index (χ2v) is 3.69. The van der Waals surface area contributed by atoms with Crippen LogP contribution in [0.2, 0.25) is 0 Å². The van der Waals surface area contributed by atoms with Crippen LogP contribution in [0.4, 0.5) is 8.78 Å². The third-order valence-corrected chi connectivity index (χ3v) is 2.50. The highest BCUT2D eigenvalue weighted by atomic mass is 19.1. The van der Waals surface area contributed by atoms with E-state index < -0.39 is 11.6 Å². The second kappa shape index (κ2) is 4.96. The Morgan fingerprint density at radius 3 is 2.44 bits per heavy atom. The molecule has 0 atom stereocenters. The smallest absolute Gasteiger partial charge is 0.193 e. The molecule has 0 unspecified atom stereocenters. The summed E-state index contributed by atoms with van der Waals surface area (Å²) in [5, 5.41) is 0. The predicted molar refractivity (Wildman–Crippen MR) is 62.8 cm³/mol. The number of carbonyl (C=O) groups is 1. The first-order valence-electron chi connectivity index (χ1n) is 5.25. The van der Waals surface area contributed by atoms with Crippen LogP contribution in [-0.4, -0.2) is 12.9 Å². The number of ether oxygens (including phenoxy) is 1. The van der Waals surface area contributed by atoms with Gasteiger partial charge in [-0.15, -0.1) is 0 Å². The molecule has 0 fully saturated rings. The van der Waals surface area contributed by atoms with E-state index in [1.807, 2.05) is 0 Å². The van der Waals surface area contributed by atoms with E-state index in [4.69, 9.17) is 4.74 Å². The zero-order chi connectivity index (χ0) is 13.1. The normalized spacial score (nSPS) is 10.2. The van der Waals surface area contributed by atoms with Gasteiger partial charge in [-0.05, 0) is 30.3 Å². The lowest BCUT2D eigenvalue weighted by atomic mass is 10.0. The van der Waals surface area contributed by atoms with Crippen LogP contribution in [0.1, 0.15) is 15.9 Å². The Hall–Kier alpha value is -2.23. The van der Waals surface area contributed by atoms with Crippen molar-refractivity contribution in [3.63, 3.8) is 0 Å². The summed E-state index contributed by atoms with van der Waals surface area (Å²) >= 11 is 0. The lowest BCUT2D eigenvalue weighted by molar-refractivity contribution is 0.103. The van der Waals surface area contributed by atoms with Gasteiger partial charge < -0.3 is 4.74 Å². The molecule has 2 aromatic rings. The molecule has 92 valence electrons. The Balaban J connectivity index is 2.40. The van der Waals surface area contributed by atoms with Gasteiger partial charge in [0.2, 0.25) is 0 Å². The van der Waals surface area contributed by atoms with E-state index in [1.54, 1.807) is 0 Å². The van der Waals surface area contributed by atoms with Crippen molar-refractivity contribution < 1.29 is 18.3 Å². The SMILES string of the molecule is COc1cc(C(=O)c2cccc(F)c2)ccc1F. The fraction of sp³-hybridized carbons (Fsp3) is 0.0714. The van der Waals surface area contributed by atoms with Crippen LogP contribution >= 0.6 is 0 Å². The van der Waals surface area contributed by atoms with E-state index in [-0.39, 0.29) is 22.7 Å². The van der Waals surface area contributed by atoms with E-state index in [0.29, 0.717) is 0 Å². The Morgan fingerprint density at radius 1 is 1.06 bits per heavy atom. The highest BCUT2D eigenvalue weighted by molar-refractivity contribution is 6.09. The van der Waals surface area contributed by atoms with Gasteiger partial charge in [0.05, 0.1) is 7.11 Å². The molecule has 0 heterocycles. The molecular weight excluding hydrogens is 238 g/mol. The first-order chi connectivity index (χ1) is 8.61. The van der Waals surface area contributed by atoms with Gasteiger partial charge in [-0.2, -0.15) is 0 Å². The molecule has 18 heavy (non-hydrogen) atoms. The van der Waals surface area contributed by atoms with Crippen LogP contribution in [0.3, 0.4) is 0 Å². The van der Waals surface area contributed by atoms with Crippen molar-refractivity contribution in [2.45, 2.75) is 0 Å². The second-order valence-electron chi connectivity index (χ2n) is 3.69. The summed E-state index contributed by atoms with van der Waals surface area (Å²) < 4.78 is 31.0. The molecule has 0 spiro atoms. The van der Waals surface area contributed by atoms with Gasteiger partial charge in [-0.1, -0.05) is 12.1 Å². The van der Waals surface area contributed by atoms with Crippen molar-refractivity contribution in [3.05, 3.63) is 65.2 Å². The first kappa shape index (κ1) is 12.2. The molecule has 0 bridgehead atoms. The molecular formula is C14H10F2O2. The number of methoxy groups -OCH3 is 1. The zero-order valence-electron chi connectivity index (χ0n) is 9.61. The topological polar surface area (TPSA) is 26.3 Å². The third kappa shape index (κ3) is 2.37. The maximum absolute atomic E-state index is 13.2. The zero-order valence-corrected chi connectivity index (χ0v) is 9.61. The van der Waals surface area contributed by atoms with Crippen molar-refractivity contribution in [3.8, 4) is 5.75 Å². The molecule has 0 aliphatic carbocycles. The molecule has 0 aliphatic heterocycles. The lowest BCUT2D eigenvalue weighted by Crippen LogP contribution is -2.02. The summed E-state index contributed by atoms with van der Waals surface area (Å²) in [6.45, 7) is 0. The van der Waals surface area contributed by atoms with Crippen molar-refractivity contribution in [1.82, 2.24) is 0 Å². The number of benzene rings is 2. The van der Waals surface area contributed by atoms with Crippen LogP contribution in [0.15, 0.2) is 42.5 Å². The molecule has 0 saturated carbocycles. The van der Waals surface area contributed by atoms with Crippen LogP contribution in [-0.2, 0) is 0 Å². The molecule has 0 N–H and O–H groups in total. The van der Waals surface area contributed by atoms with Gasteiger partial charge in [-0.25, -0.2) is 8.78 Å². The standard InChI is InChI=1S/C14H10F2O2/c1-18-13-8-10(5-6-12(13)16)14(17)9-3-2-4-11(15)7-9/h2-8H,1H3. The predicted octanol–water partition coefficient (Wildman–Crippen LogP) is 3.20. The summed E-state index contributed by atoms with van der Waals surface area (Å²) in [6.07, 6.45) is 0. The van der Waals surface area contributed by atoms with Gasteiger partial charge in [0.25, 0.3) is 0 Å². The molecule has 2 nitrogen and oxygen atoms in total. The fourth-order valence-corrected chi connectivity index (χ4v) is 1.60. The summed E-state index contributed by atoms with van der Waals surface area (Å²) in [5.74, 6) is -1.44. The number of carbonyl (C=O) groups excluding carboxylic acids is 1. The van der Waals surface area contributed by atoms with E-state index in [2.05, 4.69) is 0 Å². The molecule has 4 heteroatoms. The van der Waals surface area contributed by atoms with E-state index in [9.17, 15) is 13.6 Å². The van der Waals surface area contributed by atoms with Crippen LogP contribution in [0.25, 0.3) is 0 Å². The van der Waals surface area contributed by atoms with E-state index in [1.165, 1.54) is 37.4 Å². The molecule has 0 radical (unpaired) electrons. The van der Waals surface area contributed by atoms with Crippen LogP contribution in [0, 0.1) is 11.6 Å². The maximum Gasteiger partial charge on any atom is 0.193 e. The molecule has 0 amide bonds. The number of halogens is 2. The van der Waals surface area contributed by atoms with Crippen molar-refractivity contribution in [2.75, 3.05) is 7.11 Å². The Morgan fingerprint density at radius 2 is 1.78 bits per heavy atom. The fourth-order valence-electron chi connectivity index (χ4n) is 1.60. The monoisotopic (exact) mass is 248 g/mol. The molecule has 0 aromatic heterocycles. The minimum absolute atomic E-state index is 0.0164. The van der Waals surface area contributed by atoms with Gasteiger partial charge in [-0.3, -0.25) is 4.79 Å². The van der Waals surface area contributed by atoms with Gasteiger partial charge in [0.15, 0.2) is 17.3 Å². The highest BCUT2D eigenvalue weighted by Gasteiger charge is 2.12. The Kier molecular flexibility index (Phi) is 3.37. The summed E-state index contributed by atoms with van der Waals surface area (Å²) in [4.78, 5) is 12.0.